The third-order valence-corrected chi connectivity index (χ3v) is 4.49. The van der Waals surface area contributed by atoms with Crippen LogP contribution in [0.25, 0.3) is 0 Å². The van der Waals surface area contributed by atoms with Gasteiger partial charge in [0, 0.05) is 19.8 Å². The van der Waals surface area contributed by atoms with Crippen molar-refractivity contribution in [1.29, 1.82) is 0 Å². The van der Waals surface area contributed by atoms with E-state index in [2.05, 4.69) is 30.9 Å². The molecule has 0 atom stereocenters. The van der Waals surface area contributed by atoms with Crippen LogP contribution < -0.4 is 5.32 Å². The van der Waals surface area contributed by atoms with Gasteiger partial charge in [0.25, 0.3) is 0 Å². The molecule has 0 amide bonds. The zero-order chi connectivity index (χ0) is 11.7. The van der Waals surface area contributed by atoms with Crippen LogP contribution in [0.2, 0.25) is 0 Å². The lowest BCUT2D eigenvalue weighted by Gasteiger charge is -2.37. The SMILES string of the molecule is CCNCC1(CCCSCC)CCOCC1. The van der Waals surface area contributed by atoms with Crippen molar-refractivity contribution in [1.82, 2.24) is 5.32 Å². The standard InChI is InChI=1S/C13H27NOS/c1-3-14-12-13(6-5-11-16-4-2)7-9-15-10-8-13/h14H,3-12H2,1-2H3. The van der Waals surface area contributed by atoms with Gasteiger partial charge in [-0.05, 0) is 49.1 Å². The summed E-state index contributed by atoms with van der Waals surface area (Å²) in [5.74, 6) is 2.58. The minimum Gasteiger partial charge on any atom is -0.381 e. The van der Waals surface area contributed by atoms with Crippen molar-refractivity contribution >= 4 is 11.8 Å². The molecule has 0 radical (unpaired) electrons. The Kier molecular flexibility index (Phi) is 7.50. The Morgan fingerprint density at radius 2 is 2.00 bits per heavy atom. The third kappa shape index (κ3) is 5.07. The van der Waals surface area contributed by atoms with Crippen LogP contribution in [0.1, 0.15) is 39.5 Å². The zero-order valence-electron chi connectivity index (χ0n) is 10.9. The van der Waals surface area contributed by atoms with E-state index < -0.39 is 0 Å². The number of rotatable bonds is 8. The van der Waals surface area contributed by atoms with Gasteiger partial charge in [-0.3, -0.25) is 0 Å². The molecule has 1 aliphatic rings. The highest BCUT2D eigenvalue weighted by molar-refractivity contribution is 7.99. The molecular formula is C13H27NOS. The lowest BCUT2D eigenvalue weighted by Crippen LogP contribution is -2.39. The van der Waals surface area contributed by atoms with E-state index in [9.17, 15) is 0 Å². The molecule has 1 saturated heterocycles. The summed E-state index contributed by atoms with van der Waals surface area (Å²) < 4.78 is 5.50. The van der Waals surface area contributed by atoms with Crippen LogP contribution in [-0.2, 0) is 4.74 Å². The minimum absolute atomic E-state index is 0.530. The molecule has 3 heteroatoms. The molecule has 0 aliphatic carbocycles. The van der Waals surface area contributed by atoms with Gasteiger partial charge in [0.15, 0.2) is 0 Å². The highest BCUT2D eigenvalue weighted by Gasteiger charge is 2.31. The molecule has 1 heterocycles. The van der Waals surface area contributed by atoms with Gasteiger partial charge in [0.1, 0.15) is 0 Å². The fourth-order valence-corrected chi connectivity index (χ4v) is 3.04. The Morgan fingerprint density at radius 1 is 1.25 bits per heavy atom. The van der Waals surface area contributed by atoms with Gasteiger partial charge in [-0.15, -0.1) is 0 Å². The summed E-state index contributed by atoms with van der Waals surface area (Å²) >= 11 is 2.07. The Hall–Kier alpha value is 0.270. The average molecular weight is 245 g/mol. The first-order valence-corrected chi connectivity index (χ1v) is 7.84. The second-order valence-electron chi connectivity index (χ2n) is 4.69. The predicted octanol–water partition coefficient (Wildman–Crippen LogP) is 2.93. The number of hydrogen-bond acceptors (Lipinski definition) is 3. The molecule has 0 aromatic rings. The van der Waals surface area contributed by atoms with Crippen molar-refractivity contribution in [3.8, 4) is 0 Å². The van der Waals surface area contributed by atoms with Gasteiger partial charge in [0.2, 0.25) is 0 Å². The van der Waals surface area contributed by atoms with Crippen LogP contribution >= 0.6 is 11.8 Å². The zero-order valence-corrected chi connectivity index (χ0v) is 11.7. The Morgan fingerprint density at radius 3 is 2.62 bits per heavy atom. The summed E-state index contributed by atoms with van der Waals surface area (Å²) in [7, 11) is 0. The first kappa shape index (κ1) is 14.3. The molecule has 96 valence electrons. The highest BCUT2D eigenvalue weighted by atomic mass is 32.2. The van der Waals surface area contributed by atoms with Gasteiger partial charge in [-0.1, -0.05) is 13.8 Å². The lowest BCUT2D eigenvalue weighted by atomic mass is 9.76. The smallest absolute Gasteiger partial charge is 0.0471 e. The maximum atomic E-state index is 5.50. The summed E-state index contributed by atoms with van der Waals surface area (Å²) in [5.41, 5.74) is 0.530. The molecule has 2 nitrogen and oxygen atoms in total. The summed E-state index contributed by atoms with van der Waals surface area (Å²) in [4.78, 5) is 0. The Bertz CT molecular complexity index is 169. The Labute approximate surface area is 105 Å². The summed E-state index contributed by atoms with van der Waals surface area (Å²) in [5, 5.41) is 3.54. The Balaban J connectivity index is 2.30. The molecule has 0 spiro atoms. The third-order valence-electron chi connectivity index (χ3n) is 3.50. The van der Waals surface area contributed by atoms with E-state index in [0.717, 1.165) is 19.8 Å². The first-order valence-electron chi connectivity index (χ1n) is 6.69. The van der Waals surface area contributed by atoms with Crippen LogP contribution in [0.5, 0.6) is 0 Å². The second kappa shape index (κ2) is 8.37. The van der Waals surface area contributed by atoms with Crippen LogP contribution in [-0.4, -0.2) is 37.8 Å². The van der Waals surface area contributed by atoms with E-state index in [0.29, 0.717) is 5.41 Å². The van der Waals surface area contributed by atoms with E-state index in [-0.39, 0.29) is 0 Å². The van der Waals surface area contributed by atoms with Crippen LogP contribution in [0, 0.1) is 5.41 Å². The maximum Gasteiger partial charge on any atom is 0.0471 e. The van der Waals surface area contributed by atoms with Crippen molar-refractivity contribution in [2.75, 3.05) is 37.8 Å². The highest BCUT2D eigenvalue weighted by Crippen LogP contribution is 2.35. The van der Waals surface area contributed by atoms with Crippen molar-refractivity contribution in [2.24, 2.45) is 5.41 Å². The van der Waals surface area contributed by atoms with Gasteiger partial charge >= 0.3 is 0 Å². The molecule has 16 heavy (non-hydrogen) atoms. The van der Waals surface area contributed by atoms with Crippen LogP contribution in [0.15, 0.2) is 0 Å². The number of hydrogen-bond donors (Lipinski definition) is 1. The molecule has 0 aromatic carbocycles. The number of ether oxygens (including phenoxy) is 1. The van der Waals surface area contributed by atoms with Gasteiger partial charge in [0.05, 0.1) is 0 Å². The van der Waals surface area contributed by atoms with E-state index in [1.165, 1.54) is 43.7 Å². The molecule has 1 aliphatic heterocycles. The van der Waals surface area contributed by atoms with Crippen molar-refractivity contribution in [3.05, 3.63) is 0 Å². The van der Waals surface area contributed by atoms with Gasteiger partial charge in [-0.25, -0.2) is 0 Å². The predicted molar refractivity (Wildman–Crippen MR) is 73.3 cm³/mol. The molecule has 0 unspecified atom stereocenters. The second-order valence-corrected chi connectivity index (χ2v) is 6.09. The molecule has 0 saturated carbocycles. The van der Waals surface area contributed by atoms with E-state index >= 15 is 0 Å². The van der Waals surface area contributed by atoms with Gasteiger partial charge < -0.3 is 10.1 Å². The van der Waals surface area contributed by atoms with Crippen LogP contribution in [0.3, 0.4) is 0 Å². The lowest BCUT2D eigenvalue weighted by molar-refractivity contribution is 0.0105. The van der Waals surface area contributed by atoms with Crippen LogP contribution in [0.4, 0.5) is 0 Å². The summed E-state index contributed by atoms with van der Waals surface area (Å²) in [6.07, 6.45) is 5.23. The largest absolute Gasteiger partial charge is 0.381 e. The molecule has 1 rings (SSSR count). The fourth-order valence-electron chi connectivity index (χ4n) is 2.40. The minimum atomic E-state index is 0.530. The van der Waals surface area contributed by atoms with E-state index in [4.69, 9.17) is 4.74 Å². The number of thioether (sulfide) groups is 1. The van der Waals surface area contributed by atoms with Crippen molar-refractivity contribution < 1.29 is 4.74 Å². The van der Waals surface area contributed by atoms with Crippen molar-refractivity contribution in [2.45, 2.75) is 39.5 Å². The van der Waals surface area contributed by atoms with Crippen molar-refractivity contribution in [3.63, 3.8) is 0 Å². The van der Waals surface area contributed by atoms with E-state index in [1.54, 1.807) is 0 Å². The molecular weight excluding hydrogens is 218 g/mol. The molecule has 0 aromatic heterocycles. The summed E-state index contributed by atoms with van der Waals surface area (Å²) in [6, 6.07) is 0. The average Bonchev–Trinajstić information content (AvgIpc) is 2.34. The normalized spacial score (nSPS) is 19.9. The van der Waals surface area contributed by atoms with E-state index in [1.807, 2.05) is 0 Å². The number of nitrogens with one attached hydrogen (secondary N) is 1. The summed E-state index contributed by atoms with van der Waals surface area (Å²) in [6.45, 7) is 8.64. The molecule has 1 N–H and O–H groups in total. The quantitative estimate of drug-likeness (QED) is 0.664. The maximum absolute atomic E-state index is 5.50. The molecule has 0 bridgehead atoms. The monoisotopic (exact) mass is 245 g/mol. The molecule has 1 fully saturated rings. The fraction of sp³-hybridized carbons (Fsp3) is 1.00. The first-order chi connectivity index (χ1) is 7.83. The topological polar surface area (TPSA) is 21.3 Å². The van der Waals surface area contributed by atoms with Gasteiger partial charge in [-0.2, -0.15) is 11.8 Å².